The molecule has 1 aromatic carbocycles. The van der Waals surface area contributed by atoms with E-state index in [0.717, 1.165) is 16.0 Å². The van der Waals surface area contributed by atoms with Crippen LogP contribution in [0.5, 0.6) is 0 Å². The van der Waals surface area contributed by atoms with Crippen LogP contribution >= 0.6 is 27.5 Å². The van der Waals surface area contributed by atoms with E-state index in [9.17, 15) is 4.79 Å². The van der Waals surface area contributed by atoms with Crippen LogP contribution in [-0.2, 0) is 0 Å². The minimum absolute atomic E-state index is 0.158. The fraction of sp³-hybridized carbons (Fsp3) is 0.0909. The molecule has 6 nitrogen and oxygen atoms in total. The maximum Gasteiger partial charge on any atom is 0.302 e. The molecule has 0 aliphatic heterocycles. The number of fused-ring (bicyclic) bond motifs is 1. The minimum atomic E-state index is -0.321. The number of amides is 1. The Labute approximate surface area is 120 Å². The Morgan fingerprint density at radius 3 is 3.05 bits per heavy atom. The van der Waals surface area contributed by atoms with Gasteiger partial charge in [0, 0.05) is 4.47 Å². The Balaban J connectivity index is 1.89. The van der Waals surface area contributed by atoms with E-state index in [0.29, 0.717) is 21.7 Å². The Bertz CT molecular complexity index is 767. The largest absolute Gasteiger partial charge is 0.423 e. The Morgan fingerprint density at radius 2 is 2.32 bits per heavy atom. The lowest BCUT2D eigenvalue weighted by Gasteiger charge is -1.96. The van der Waals surface area contributed by atoms with Crippen molar-refractivity contribution in [1.82, 2.24) is 14.6 Å². The molecule has 2 heterocycles. The summed E-state index contributed by atoms with van der Waals surface area (Å²) in [6, 6.07) is 5.59. The van der Waals surface area contributed by atoms with E-state index < -0.39 is 0 Å². The van der Waals surface area contributed by atoms with Crippen LogP contribution in [-0.4, -0.2) is 20.5 Å². The highest BCUT2D eigenvalue weighted by atomic mass is 79.9. The molecule has 3 aromatic rings. The zero-order chi connectivity index (χ0) is 13.4. The molecule has 19 heavy (non-hydrogen) atoms. The molecule has 96 valence electrons. The molecular formula is C11H7BrN4O2S. The van der Waals surface area contributed by atoms with Gasteiger partial charge < -0.3 is 4.42 Å². The fourth-order valence-corrected chi connectivity index (χ4v) is 2.45. The third-order valence-corrected chi connectivity index (χ3v) is 3.75. The van der Waals surface area contributed by atoms with Gasteiger partial charge in [-0.2, -0.15) is 4.98 Å². The highest BCUT2D eigenvalue weighted by molar-refractivity contribution is 9.10. The molecule has 0 saturated carbocycles. The number of nitrogens with zero attached hydrogens (tertiary/aromatic N) is 3. The Kier molecular flexibility index (Phi) is 3.03. The van der Waals surface area contributed by atoms with E-state index in [2.05, 4.69) is 35.8 Å². The third-order valence-electron chi connectivity index (χ3n) is 2.43. The van der Waals surface area contributed by atoms with Crippen molar-refractivity contribution in [3.63, 3.8) is 0 Å². The smallest absolute Gasteiger partial charge is 0.302 e. The number of hydrogen-bond donors (Lipinski definition) is 1. The van der Waals surface area contributed by atoms with E-state index in [-0.39, 0.29) is 11.9 Å². The molecular weight excluding hydrogens is 332 g/mol. The van der Waals surface area contributed by atoms with Gasteiger partial charge in [-0.1, -0.05) is 20.4 Å². The number of aryl methyl sites for hydroxylation is 1. The molecule has 0 saturated heterocycles. The summed E-state index contributed by atoms with van der Waals surface area (Å²) in [6.45, 7) is 1.72. The standard InChI is InChI=1S/C11H7BrN4O2S/c1-5-9(19-16-15-5)10(17)14-11-13-7-4-6(12)2-3-8(7)18-11/h2-4H,1H3,(H,13,14,17). The van der Waals surface area contributed by atoms with Crippen molar-refractivity contribution < 1.29 is 9.21 Å². The van der Waals surface area contributed by atoms with Gasteiger partial charge in [0.2, 0.25) is 0 Å². The number of nitrogens with one attached hydrogen (secondary N) is 1. The van der Waals surface area contributed by atoms with Gasteiger partial charge in [0.25, 0.3) is 5.91 Å². The zero-order valence-corrected chi connectivity index (χ0v) is 12.1. The number of aromatic nitrogens is 3. The van der Waals surface area contributed by atoms with Crippen molar-refractivity contribution in [2.75, 3.05) is 5.32 Å². The van der Waals surface area contributed by atoms with Crippen molar-refractivity contribution in [3.8, 4) is 0 Å². The first-order chi connectivity index (χ1) is 9.13. The maximum atomic E-state index is 11.9. The van der Waals surface area contributed by atoms with Gasteiger partial charge in [-0.05, 0) is 36.7 Å². The summed E-state index contributed by atoms with van der Waals surface area (Å²) >= 11 is 4.39. The summed E-state index contributed by atoms with van der Waals surface area (Å²) in [7, 11) is 0. The summed E-state index contributed by atoms with van der Waals surface area (Å²) in [5, 5.41) is 6.38. The predicted molar refractivity (Wildman–Crippen MR) is 74.3 cm³/mol. The number of benzene rings is 1. The highest BCUT2D eigenvalue weighted by Gasteiger charge is 2.16. The summed E-state index contributed by atoms with van der Waals surface area (Å²) in [4.78, 5) is 16.6. The van der Waals surface area contributed by atoms with Gasteiger partial charge >= 0.3 is 6.01 Å². The summed E-state index contributed by atoms with van der Waals surface area (Å²) < 4.78 is 10.0. The number of hydrogen-bond acceptors (Lipinski definition) is 6. The van der Waals surface area contributed by atoms with Gasteiger partial charge in [0.05, 0.1) is 5.69 Å². The van der Waals surface area contributed by atoms with Crippen LogP contribution in [0, 0.1) is 6.92 Å². The highest BCUT2D eigenvalue weighted by Crippen LogP contribution is 2.23. The van der Waals surface area contributed by atoms with Crippen LogP contribution in [0.3, 0.4) is 0 Å². The van der Waals surface area contributed by atoms with E-state index in [1.54, 1.807) is 13.0 Å². The van der Waals surface area contributed by atoms with E-state index in [1.165, 1.54) is 0 Å². The molecule has 0 spiro atoms. The van der Waals surface area contributed by atoms with Crippen LogP contribution in [0.4, 0.5) is 6.01 Å². The van der Waals surface area contributed by atoms with Gasteiger partial charge in [-0.3, -0.25) is 10.1 Å². The molecule has 1 N–H and O–H groups in total. The van der Waals surface area contributed by atoms with E-state index >= 15 is 0 Å². The minimum Gasteiger partial charge on any atom is -0.423 e. The number of rotatable bonds is 2. The average molecular weight is 339 g/mol. The lowest BCUT2D eigenvalue weighted by Crippen LogP contribution is -2.11. The molecule has 1 amide bonds. The van der Waals surface area contributed by atoms with Crippen molar-refractivity contribution in [1.29, 1.82) is 0 Å². The first-order valence-electron chi connectivity index (χ1n) is 5.30. The summed E-state index contributed by atoms with van der Waals surface area (Å²) in [5.41, 5.74) is 1.86. The molecule has 0 atom stereocenters. The van der Waals surface area contributed by atoms with Gasteiger partial charge in [0.15, 0.2) is 5.58 Å². The Hall–Kier alpha value is -1.80. The average Bonchev–Trinajstić information content (AvgIpc) is 2.94. The topological polar surface area (TPSA) is 80.9 Å². The molecule has 0 fully saturated rings. The molecule has 0 bridgehead atoms. The van der Waals surface area contributed by atoms with Crippen molar-refractivity contribution in [3.05, 3.63) is 33.2 Å². The normalized spacial score (nSPS) is 10.8. The van der Waals surface area contributed by atoms with E-state index in [1.807, 2.05) is 12.1 Å². The molecule has 2 aromatic heterocycles. The van der Waals surface area contributed by atoms with E-state index in [4.69, 9.17) is 4.42 Å². The molecule has 0 unspecified atom stereocenters. The fourth-order valence-electron chi connectivity index (χ4n) is 1.55. The zero-order valence-electron chi connectivity index (χ0n) is 9.68. The number of carbonyl (C=O) groups is 1. The number of anilines is 1. The van der Waals surface area contributed by atoms with Gasteiger partial charge in [-0.15, -0.1) is 5.10 Å². The number of oxazole rings is 1. The first kappa shape index (κ1) is 12.2. The van der Waals surface area contributed by atoms with Crippen LogP contribution in [0.2, 0.25) is 0 Å². The van der Waals surface area contributed by atoms with Gasteiger partial charge in [-0.25, -0.2) is 0 Å². The van der Waals surface area contributed by atoms with Crippen molar-refractivity contribution in [2.45, 2.75) is 6.92 Å². The summed E-state index contributed by atoms with van der Waals surface area (Å²) in [5.74, 6) is -0.321. The van der Waals surface area contributed by atoms with Crippen LogP contribution in [0.1, 0.15) is 15.4 Å². The molecule has 0 radical (unpaired) electrons. The van der Waals surface area contributed by atoms with Gasteiger partial charge in [0.1, 0.15) is 10.4 Å². The third kappa shape index (κ3) is 2.36. The number of carbonyl (C=O) groups excluding carboxylic acids is 1. The number of halogens is 1. The SMILES string of the molecule is Cc1nnsc1C(=O)Nc1nc2cc(Br)ccc2o1. The lowest BCUT2D eigenvalue weighted by molar-refractivity contribution is 0.102. The first-order valence-corrected chi connectivity index (χ1v) is 6.86. The quantitative estimate of drug-likeness (QED) is 0.776. The van der Waals surface area contributed by atoms with Crippen molar-refractivity contribution in [2.24, 2.45) is 0 Å². The Morgan fingerprint density at radius 1 is 1.47 bits per heavy atom. The molecule has 3 rings (SSSR count). The second-order valence-corrected chi connectivity index (χ2v) is 5.44. The molecule has 0 aliphatic carbocycles. The van der Waals surface area contributed by atoms with Crippen molar-refractivity contribution >= 4 is 50.5 Å². The van der Waals surface area contributed by atoms with Crippen LogP contribution in [0.15, 0.2) is 27.1 Å². The monoisotopic (exact) mass is 338 g/mol. The predicted octanol–water partition coefficient (Wildman–Crippen LogP) is 3.00. The lowest BCUT2D eigenvalue weighted by atomic mass is 10.3. The van der Waals surface area contributed by atoms with Crippen LogP contribution < -0.4 is 5.32 Å². The molecule has 8 heteroatoms. The second kappa shape index (κ2) is 4.71. The summed E-state index contributed by atoms with van der Waals surface area (Å²) in [6.07, 6.45) is 0. The second-order valence-electron chi connectivity index (χ2n) is 3.77. The maximum absolute atomic E-state index is 11.9. The van der Waals surface area contributed by atoms with Crippen LogP contribution in [0.25, 0.3) is 11.1 Å². The molecule has 0 aliphatic rings.